The predicted octanol–water partition coefficient (Wildman–Crippen LogP) is 4.26. The lowest BCUT2D eigenvalue weighted by molar-refractivity contribution is 0.145. The fourth-order valence-corrected chi connectivity index (χ4v) is 5.43. The molecular weight excluding hydrogens is 532 g/mol. The SMILES string of the molecule is COc1ccccc1Oc1c(NS(=O)(=O)c2ccccc2)nc(-c2ncccn2)nc1OCC1CCCN(C)C1. The first-order valence-electron chi connectivity index (χ1n) is 12.8. The molecule has 12 heteroatoms. The third-order valence-electron chi connectivity index (χ3n) is 6.34. The number of benzene rings is 2. The summed E-state index contributed by atoms with van der Waals surface area (Å²) in [5, 5.41) is 0. The van der Waals surface area contributed by atoms with E-state index in [9.17, 15) is 8.42 Å². The van der Waals surface area contributed by atoms with E-state index in [0.717, 1.165) is 25.9 Å². The minimum absolute atomic E-state index is 0.00662. The van der Waals surface area contributed by atoms with Crippen molar-refractivity contribution in [3.05, 3.63) is 73.1 Å². The molecule has 2 aromatic carbocycles. The van der Waals surface area contributed by atoms with Crippen molar-refractivity contribution < 1.29 is 22.6 Å². The Kier molecular flexibility index (Phi) is 8.37. The summed E-state index contributed by atoms with van der Waals surface area (Å²) in [5.41, 5.74) is 0. The molecule has 0 spiro atoms. The molecule has 0 radical (unpaired) electrons. The van der Waals surface area contributed by atoms with Crippen LogP contribution in [-0.4, -0.2) is 67.1 Å². The predicted molar refractivity (Wildman–Crippen MR) is 149 cm³/mol. The highest BCUT2D eigenvalue weighted by atomic mass is 32.2. The Bertz CT molecular complexity index is 1540. The van der Waals surface area contributed by atoms with E-state index in [1.54, 1.807) is 60.9 Å². The standard InChI is InChI=1S/C28H30N6O5S/c1-34-17-8-10-20(18-34)19-38-28-24(39-23-14-7-6-13-22(23)37-2)25(31-27(32-28)26-29-15-9-16-30-26)33-40(35,36)21-11-4-3-5-12-21/h3-7,9,11-16,20H,8,10,17-19H2,1-2H3,(H,31,32,33). The Morgan fingerprint density at radius 1 is 0.950 bits per heavy atom. The Balaban J connectivity index is 1.62. The maximum atomic E-state index is 13.4. The van der Waals surface area contributed by atoms with Crippen molar-refractivity contribution in [2.24, 2.45) is 5.92 Å². The summed E-state index contributed by atoms with van der Waals surface area (Å²) in [5.74, 6) is 1.24. The number of piperidine rings is 1. The molecule has 1 aliphatic rings. The number of aromatic nitrogens is 4. The lowest BCUT2D eigenvalue weighted by Crippen LogP contribution is -2.34. The molecule has 40 heavy (non-hydrogen) atoms. The van der Waals surface area contributed by atoms with Crippen molar-refractivity contribution in [1.82, 2.24) is 24.8 Å². The van der Waals surface area contributed by atoms with Gasteiger partial charge >= 0.3 is 0 Å². The van der Waals surface area contributed by atoms with Gasteiger partial charge in [-0.25, -0.2) is 23.4 Å². The van der Waals surface area contributed by atoms with Gasteiger partial charge in [0.05, 0.1) is 18.6 Å². The van der Waals surface area contributed by atoms with Gasteiger partial charge in [0.25, 0.3) is 15.9 Å². The number of hydrogen-bond donors (Lipinski definition) is 1. The minimum Gasteiger partial charge on any atom is -0.493 e. The van der Waals surface area contributed by atoms with Gasteiger partial charge in [-0.2, -0.15) is 4.98 Å². The first-order chi connectivity index (χ1) is 19.4. The van der Waals surface area contributed by atoms with E-state index in [1.807, 2.05) is 0 Å². The lowest BCUT2D eigenvalue weighted by Gasteiger charge is -2.29. The smallest absolute Gasteiger partial charge is 0.263 e. The van der Waals surface area contributed by atoms with Crippen molar-refractivity contribution >= 4 is 15.8 Å². The number of methoxy groups -OCH3 is 1. The zero-order valence-electron chi connectivity index (χ0n) is 22.2. The van der Waals surface area contributed by atoms with Gasteiger partial charge in [-0.15, -0.1) is 0 Å². The monoisotopic (exact) mass is 562 g/mol. The summed E-state index contributed by atoms with van der Waals surface area (Å²) < 4.78 is 47.3. The second kappa shape index (κ2) is 12.3. The van der Waals surface area contributed by atoms with Crippen molar-refractivity contribution in [3.8, 4) is 34.8 Å². The summed E-state index contributed by atoms with van der Waals surface area (Å²) >= 11 is 0. The molecule has 1 N–H and O–H groups in total. The summed E-state index contributed by atoms with van der Waals surface area (Å²) in [4.78, 5) is 19.9. The summed E-state index contributed by atoms with van der Waals surface area (Å²) in [6.07, 6.45) is 5.17. The van der Waals surface area contributed by atoms with Gasteiger partial charge in [-0.05, 0) is 56.8 Å². The van der Waals surface area contributed by atoms with Gasteiger partial charge in [-0.3, -0.25) is 4.72 Å². The molecule has 5 rings (SSSR count). The maximum absolute atomic E-state index is 13.4. The van der Waals surface area contributed by atoms with E-state index in [2.05, 4.69) is 36.6 Å². The highest BCUT2D eigenvalue weighted by molar-refractivity contribution is 7.92. The van der Waals surface area contributed by atoms with Crippen LogP contribution in [0.15, 0.2) is 78.0 Å². The van der Waals surface area contributed by atoms with Gasteiger partial charge in [0.2, 0.25) is 11.6 Å². The first-order valence-corrected chi connectivity index (χ1v) is 14.3. The molecule has 1 atom stereocenters. The Labute approximate surface area is 233 Å². The van der Waals surface area contributed by atoms with Crippen LogP contribution in [0.2, 0.25) is 0 Å². The zero-order valence-corrected chi connectivity index (χ0v) is 23.0. The van der Waals surface area contributed by atoms with Crippen molar-refractivity contribution in [1.29, 1.82) is 0 Å². The molecule has 0 aliphatic carbocycles. The Morgan fingerprint density at radius 2 is 1.68 bits per heavy atom. The largest absolute Gasteiger partial charge is 0.493 e. The van der Waals surface area contributed by atoms with Crippen LogP contribution < -0.4 is 18.9 Å². The van der Waals surface area contributed by atoms with Crippen molar-refractivity contribution in [3.63, 3.8) is 0 Å². The van der Waals surface area contributed by atoms with E-state index in [4.69, 9.17) is 14.2 Å². The Morgan fingerprint density at radius 3 is 2.40 bits per heavy atom. The molecule has 0 bridgehead atoms. The van der Waals surface area contributed by atoms with Gasteiger partial charge < -0.3 is 19.1 Å². The molecule has 4 aromatic rings. The first kappa shape index (κ1) is 27.3. The number of nitrogens with one attached hydrogen (secondary N) is 1. The number of ether oxygens (including phenoxy) is 3. The molecule has 1 aliphatic heterocycles. The van der Waals surface area contributed by atoms with E-state index in [0.29, 0.717) is 18.1 Å². The van der Waals surface area contributed by atoms with E-state index in [-0.39, 0.29) is 39.9 Å². The van der Waals surface area contributed by atoms with Gasteiger partial charge in [0.1, 0.15) is 0 Å². The topological polar surface area (TPSA) is 129 Å². The second-order valence-corrected chi connectivity index (χ2v) is 11.0. The molecule has 0 amide bonds. The van der Waals surface area contributed by atoms with E-state index >= 15 is 0 Å². The molecular formula is C28H30N6O5S. The average Bonchev–Trinajstić information content (AvgIpc) is 2.98. The van der Waals surface area contributed by atoms with Crippen LogP contribution in [0.5, 0.6) is 23.1 Å². The summed E-state index contributed by atoms with van der Waals surface area (Å²) in [6, 6.07) is 16.7. The fourth-order valence-electron chi connectivity index (χ4n) is 4.41. The normalized spacial score (nSPS) is 15.8. The highest BCUT2D eigenvalue weighted by Gasteiger charge is 2.27. The molecule has 1 unspecified atom stereocenters. The molecule has 1 fully saturated rings. The van der Waals surface area contributed by atoms with Crippen LogP contribution in [0.25, 0.3) is 11.6 Å². The van der Waals surface area contributed by atoms with Gasteiger partial charge in [0, 0.05) is 24.9 Å². The number of rotatable bonds is 10. The zero-order chi connectivity index (χ0) is 28.0. The van der Waals surface area contributed by atoms with Crippen LogP contribution in [0.1, 0.15) is 12.8 Å². The third kappa shape index (κ3) is 6.46. The number of anilines is 1. The molecule has 0 saturated carbocycles. The van der Waals surface area contributed by atoms with Gasteiger partial charge in [0.15, 0.2) is 23.1 Å². The molecule has 1 saturated heterocycles. The summed E-state index contributed by atoms with van der Waals surface area (Å²) in [6.45, 7) is 2.26. The number of nitrogens with zero attached hydrogens (tertiary/aromatic N) is 5. The minimum atomic E-state index is -4.06. The quantitative estimate of drug-likeness (QED) is 0.299. The average molecular weight is 563 g/mol. The Hall–Kier alpha value is -4.29. The van der Waals surface area contributed by atoms with Crippen LogP contribution in [-0.2, 0) is 10.0 Å². The van der Waals surface area contributed by atoms with E-state index < -0.39 is 10.0 Å². The van der Waals surface area contributed by atoms with Crippen molar-refractivity contribution in [2.45, 2.75) is 17.7 Å². The van der Waals surface area contributed by atoms with Crippen LogP contribution >= 0.6 is 0 Å². The molecule has 3 heterocycles. The van der Waals surface area contributed by atoms with E-state index in [1.165, 1.54) is 19.2 Å². The molecule has 11 nitrogen and oxygen atoms in total. The lowest BCUT2D eigenvalue weighted by atomic mass is 10.00. The molecule has 2 aromatic heterocycles. The van der Waals surface area contributed by atoms with Crippen LogP contribution in [0.4, 0.5) is 5.82 Å². The number of para-hydroxylation sites is 2. The third-order valence-corrected chi connectivity index (χ3v) is 7.70. The number of sulfonamides is 1. The number of likely N-dealkylation sites (tertiary alicyclic amines) is 1. The van der Waals surface area contributed by atoms with Crippen LogP contribution in [0, 0.1) is 5.92 Å². The number of hydrogen-bond acceptors (Lipinski definition) is 10. The van der Waals surface area contributed by atoms with Crippen LogP contribution in [0.3, 0.4) is 0 Å². The maximum Gasteiger partial charge on any atom is 0.263 e. The van der Waals surface area contributed by atoms with Crippen molar-refractivity contribution in [2.75, 3.05) is 38.6 Å². The summed E-state index contributed by atoms with van der Waals surface area (Å²) in [7, 11) is -0.461. The fraction of sp³-hybridized carbons (Fsp3) is 0.286. The second-order valence-electron chi connectivity index (χ2n) is 9.36. The molecule has 208 valence electrons. The van der Waals surface area contributed by atoms with Gasteiger partial charge in [-0.1, -0.05) is 30.3 Å². The highest BCUT2D eigenvalue weighted by Crippen LogP contribution is 2.41.